The van der Waals surface area contributed by atoms with Crippen LogP contribution in [0.5, 0.6) is 0 Å². The van der Waals surface area contributed by atoms with Crippen LogP contribution >= 0.6 is 0 Å². The van der Waals surface area contributed by atoms with Crippen molar-refractivity contribution in [3.05, 3.63) is 24.3 Å². The summed E-state index contributed by atoms with van der Waals surface area (Å²) in [5, 5.41) is 6.36. The fraction of sp³-hybridized carbons (Fsp3) is 0.538. The Morgan fingerprint density at radius 2 is 1.95 bits per heavy atom. The van der Waals surface area contributed by atoms with Crippen molar-refractivity contribution in [2.75, 3.05) is 25.0 Å². The smallest absolute Gasteiger partial charge is 0.242 e. The molecule has 0 atom stereocenters. The fourth-order valence-electron chi connectivity index (χ4n) is 1.79. The summed E-state index contributed by atoms with van der Waals surface area (Å²) >= 11 is 0. The topological polar surface area (TPSA) is 70.2 Å². The molecular formula is C13H21N3O2S. The highest BCUT2D eigenvalue weighted by molar-refractivity contribution is 7.89. The van der Waals surface area contributed by atoms with Gasteiger partial charge in [-0.25, -0.2) is 13.1 Å². The van der Waals surface area contributed by atoms with Gasteiger partial charge in [-0.05, 0) is 31.5 Å². The summed E-state index contributed by atoms with van der Waals surface area (Å²) in [5.41, 5.74) is 0.661. The SMILES string of the molecule is CCNCCNc1ccccc1S(=O)(=O)NC1CC1. The van der Waals surface area contributed by atoms with Crippen molar-refractivity contribution in [1.29, 1.82) is 0 Å². The molecule has 0 saturated heterocycles. The molecule has 19 heavy (non-hydrogen) atoms. The van der Waals surface area contributed by atoms with Gasteiger partial charge in [0.05, 0.1) is 5.69 Å². The Morgan fingerprint density at radius 3 is 2.63 bits per heavy atom. The van der Waals surface area contributed by atoms with Crippen molar-refractivity contribution >= 4 is 15.7 Å². The molecule has 0 spiro atoms. The van der Waals surface area contributed by atoms with E-state index in [-0.39, 0.29) is 6.04 Å². The summed E-state index contributed by atoms with van der Waals surface area (Å²) in [6.07, 6.45) is 1.88. The molecule has 1 aliphatic carbocycles. The van der Waals surface area contributed by atoms with Crippen LogP contribution < -0.4 is 15.4 Å². The van der Waals surface area contributed by atoms with Gasteiger partial charge in [0.25, 0.3) is 0 Å². The highest BCUT2D eigenvalue weighted by Crippen LogP contribution is 2.25. The third kappa shape index (κ3) is 4.19. The van der Waals surface area contributed by atoms with Gasteiger partial charge in [0, 0.05) is 19.1 Å². The minimum atomic E-state index is -3.40. The summed E-state index contributed by atoms with van der Waals surface area (Å²) in [6, 6.07) is 7.15. The zero-order valence-electron chi connectivity index (χ0n) is 11.1. The average Bonchev–Trinajstić information content (AvgIpc) is 3.18. The summed E-state index contributed by atoms with van der Waals surface area (Å²) in [5.74, 6) is 0. The van der Waals surface area contributed by atoms with Gasteiger partial charge < -0.3 is 10.6 Å². The summed E-state index contributed by atoms with van der Waals surface area (Å²) in [7, 11) is -3.40. The van der Waals surface area contributed by atoms with Crippen molar-refractivity contribution in [1.82, 2.24) is 10.0 Å². The standard InChI is InChI=1S/C13H21N3O2S/c1-2-14-9-10-15-12-5-3-4-6-13(12)19(17,18)16-11-7-8-11/h3-6,11,14-16H,2,7-10H2,1H3. The van der Waals surface area contributed by atoms with E-state index in [2.05, 4.69) is 15.4 Å². The number of para-hydroxylation sites is 1. The van der Waals surface area contributed by atoms with E-state index in [4.69, 9.17) is 0 Å². The molecule has 1 aromatic rings. The maximum Gasteiger partial charge on any atom is 0.242 e. The minimum Gasteiger partial charge on any atom is -0.383 e. The van der Waals surface area contributed by atoms with Gasteiger partial charge in [-0.15, -0.1) is 0 Å². The highest BCUT2D eigenvalue weighted by Gasteiger charge is 2.29. The first-order valence-electron chi connectivity index (χ1n) is 6.69. The van der Waals surface area contributed by atoms with Gasteiger partial charge in [0.1, 0.15) is 4.90 Å². The molecular weight excluding hydrogens is 262 g/mol. The van der Waals surface area contributed by atoms with Crippen LogP contribution in [-0.4, -0.2) is 34.1 Å². The first kappa shape index (κ1) is 14.3. The minimum absolute atomic E-state index is 0.125. The zero-order chi connectivity index (χ0) is 13.7. The van der Waals surface area contributed by atoms with E-state index in [0.29, 0.717) is 17.1 Å². The van der Waals surface area contributed by atoms with Crippen LogP contribution in [0.15, 0.2) is 29.2 Å². The lowest BCUT2D eigenvalue weighted by Crippen LogP contribution is -2.27. The van der Waals surface area contributed by atoms with E-state index in [1.807, 2.05) is 13.0 Å². The van der Waals surface area contributed by atoms with E-state index in [0.717, 1.165) is 25.9 Å². The Kier molecular flexibility index (Phi) is 4.79. The first-order chi connectivity index (χ1) is 9.13. The predicted molar refractivity (Wildman–Crippen MR) is 76.8 cm³/mol. The summed E-state index contributed by atoms with van der Waals surface area (Å²) in [6.45, 7) is 4.45. The van der Waals surface area contributed by atoms with Gasteiger partial charge in [-0.2, -0.15) is 0 Å². The second-order valence-corrected chi connectivity index (χ2v) is 6.35. The molecule has 0 heterocycles. The number of anilines is 1. The molecule has 0 aromatic heterocycles. The fourth-order valence-corrected chi connectivity index (χ4v) is 3.28. The molecule has 5 nitrogen and oxygen atoms in total. The Labute approximate surface area is 114 Å². The van der Waals surface area contributed by atoms with Crippen LogP contribution in [0.2, 0.25) is 0 Å². The van der Waals surface area contributed by atoms with E-state index in [1.165, 1.54) is 0 Å². The van der Waals surface area contributed by atoms with E-state index in [1.54, 1.807) is 18.2 Å². The number of sulfonamides is 1. The molecule has 1 saturated carbocycles. The van der Waals surface area contributed by atoms with Crippen LogP contribution in [-0.2, 0) is 10.0 Å². The largest absolute Gasteiger partial charge is 0.383 e. The van der Waals surface area contributed by atoms with Gasteiger partial charge >= 0.3 is 0 Å². The molecule has 0 unspecified atom stereocenters. The lowest BCUT2D eigenvalue weighted by Gasteiger charge is -2.13. The predicted octanol–water partition coefficient (Wildman–Crippen LogP) is 1.15. The van der Waals surface area contributed by atoms with Gasteiger partial charge in [-0.3, -0.25) is 0 Å². The Hall–Kier alpha value is -1.11. The van der Waals surface area contributed by atoms with Gasteiger partial charge in [0.15, 0.2) is 0 Å². The van der Waals surface area contributed by atoms with Crippen molar-refractivity contribution in [3.63, 3.8) is 0 Å². The number of rotatable bonds is 8. The van der Waals surface area contributed by atoms with E-state index in [9.17, 15) is 8.42 Å². The number of hydrogen-bond donors (Lipinski definition) is 3. The third-order valence-electron chi connectivity index (χ3n) is 2.94. The van der Waals surface area contributed by atoms with Crippen LogP contribution in [0.25, 0.3) is 0 Å². The number of hydrogen-bond acceptors (Lipinski definition) is 4. The van der Waals surface area contributed by atoms with Crippen molar-refractivity contribution in [2.24, 2.45) is 0 Å². The Morgan fingerprint density at radius 1 is 1.21 bits per heavy atom. The maximum atomic E-state index is 12.2. The molecule has 1 aromatic carbocycles. The average molecular weight is 283 g/mol. The summed E-state index contributed by atoms with van der Waals surface area (Å²) < 4.78 is 27.2. The highest BCUT2D eigenvalue weighted by atomic mass is 32.2. The van der Waals surface area contributed by atoms with Crippen LogP contribution in [0.3, 0.4) is 0 Å². The van der Waals surface area contributed by atoms with Crippen molar-refractivity contribution in [3.8, 4) is 0 Å². The molecule has 2 rings (SSSR count). The van der Waals surface area contributed by atoms with Crippen LogP contribution in [0.4, 0.5) is 5.69 Å². The lowest BCUT2D eigenvalue weighted by molar-refractivity contribution is 0.581. The molecule has 0 radical (unpaired) electrons. The normalized spacial score (nSPS) is 15.4. The maximum absolute atomic E-state index is 12.2. The number of benzene rings is 1. The monoisotopic (exact) mass is 283 g/mol. The van der Waals surface area contributed by atoms with E-state index >= 15 is 0 Å². The molecule has 0 aliphatic heterocycles. The molecule has 6 heteroatoms. The van der Waals surface area contributed by atoms with Gasteiger partial charge in [0.2, 0.25) is 10.0 Å². The molecule has 1 fully saturated rings. The van der Waals surface area contributed by atoms with Crippen molar-refractivity contribution in [2.45, 2.75) is 30.7 Å². The third-order valence-corrected chi connectivity index (χ3v) is 4.52. The Balaban J connectivity index is 2.06. The van der Waals surface area contributed by atoms with Gasteiger partial charge in [-0.1, -0.05) is 19.1 Å². The first-order valence-corrected chi connectivity index (χ1v) is 8.18. The number of likely N-dealkylation sites (N-methyl/N-ethyl adjacent to an activating group) is 1. The second kappa shape index (κ2) is 6.36. The zero-order valence-corrected chi connectivity index (χ0v) is 12.0. The van der Waals surface area contributed by atoms with E-state index < -0.39 is 10.0 Å². The quantitative estimate of drug-likeness (QED) is 0.626. The second-order valence-electron chi connectivity index (χ2n) is 4.67. The molecule has 106 valence electrons. The van der Waals surface area contributed by atoms with Crippen molar-refractivity contribution < 1.29 is 8.42 Å². The lowest BCUT2D eigenvalue weighted by atomic mass is 10.3. The number of nitrogens with one attached hydrogen (secondary N) is 3. The molecule has 0 bridgehead atoms. The van der Waals surface area contributed by atoms with Crippen LogP contribution in [0, 0.1) is 0 Å². The summed E-state index contributed by atoms with van der Waals surface area (Å²) in [4.78, 5) is 0.332. The Bertz CT molecular complexity index is 512. The molecule has 0 amide bonds. The molecule has 3 N–H and O–H groups in total. The van der Waals surface area contributed by atoms with Crippen LogP contribution in [0.1, 0.15) is 19.8 Å². The molecule has 1 aliphatic rings.